The lowest BCUT2D eigenvalue weighted by Crippen LogP contribution is -2.31. The van der Waals surface area contributed by atoms with Crippen molar-refractivity contribution >= 4 is 17.3 Å². The summed E-state index contributed by atoms with van der Waals surface area (Å²) in [7, 11) is 3.34. The molecule has 0 bridgehead atoms. The molecule has 0 amide bonds. The Morgan fingerprint density at radius 1 is 1.24 bits per heavy atom. The first-order chi connectivity index (χ1) is 15.6. The maximum absolute atomic E-state index is 12.9. The van der Waals surface area contributed by atoms with Gasteiger partial charge in [0.2, 0.25) is 0 Å². The van der Waals surface area contributed by atoms with Gasteiger partial charge in [-0.15, -0.1) is 0 Å². The van der Waals surface area contributed by atoms with E-state index in [1.165, 1.54) is 12.3 Å². The van der Waals surface area contributed by atoms with Crippen LogP contribution in [0.2, 0.25) is 0 Å². The number of ether oxygens (including phenoxy) is 1. The minimum absolute atomic E-state index is 0.00267. The van der Waals surface area contributed by atoms with E-state index >= 15 is 0 Å². The predicted octanol–water partition coefficient (Wildman–Crippen LogP) is 5.90. The molecule has 1 aromatic heterocycles. The summed E-state index contributed by atoms with van der Waals surface area (Å²) in [6.07, 6.45) is 9.88. The Kier molecular flexibility index (Phi) is 8.64. The first-order valence-corrected chi connectivity index (χ1v) is 11.7. The van der Waals surface area contributed by atoms with E-state index in [1.54, 1.807) is 14.2 Å². The lowest BCUT2D eigenvalue weighted by molar-refractivity contribution is 0.0693. The Balaban J connectivity index is 3.03. The van der Waals surface area contributed by atoms with Crippen LogP contribution >= 0.6 is 0 Å². The summed E-state index contributed by atoms with van der Waals surface area (Å²) in [6, 6.07) is 1.50. The van der Waals surface area contributed by atoms with Gasteiger partial charge in [-0.3, -0.25) is 9.79 Å². The van der Waals surface area contributed by atoms with Gasteiger partial charge in [0.05, 0.1) is 7.11 Å². The van der Waals surface area contributed by atoms with Crippen LogP contribution in [-0.2, 0) is 4.74 Å². The van der Waals surface area contributed by atoms with Crippen molar-refractivity contribution in [2.45, 2.75) is 66.8 Å². The molecule has 1 aromatic rings. The second kappa shape index (κ2) is 10.8. The third kappa shape index (κ3) is 5.21. The molecule has 0 aliphatic heterocycles. The van der Waals surface area contributed by atoms with E-state index < -0.39 is 11.4 Å². The summed E-state index contributed by atoms with van der Waals surface area (Å²) >= 11 is 0. The summed E-state index contributed by atoms with van der Waals surface area (Å²) < 4.78 is 7.59. The van der Waals surface area contributed by atoms with E-state index in [-0.39, 0.29) is 22.9 Å². The highest BCUT2D eigenvalue weighted by atomic mass is 16.5. The van der Waals surface area contributed by atoms with Gasteiger partial charge in [-0.2, -0.15) is 0 Å². The number of carboxylic acids is 1. The van der Waals surface area contributed by atoms with Gasteiger partial charge in [0.1, 0.15) is 17.0 Å². The normalized spacial score (nSPS) is 18.7. The van der Waals surface area contributed by atoms with Crippen LogP contribution in [0.5, 0.6) is 0 Å². The zero-order valence-corrected chi connectivity index (χ0v) is 21.2. The number of allylic oxidation sites excluding steroid dienone is 5. The van der Waals surface area contributed by atoms with Crippen molar-refractivity contribution in [2.75, 3.05) is 14.2 Å². The maximum atomic E-state index is 12.9. The molecule has 0 saturated carbocycles. The average molecular weight is 455 g/mol. The molecule has 2 rings (SSSR count). The Bertz CT molecular complexity index is 1070. The van der Waals surface area contributed by atoms with Crippen molar-refractivity contribution in [1.82, 2.24) is 4.57 Å². The number of methoxy groups -OCH3 is 1. The molecule has 1 N–H and O–H groups in total. The van der Waals surface area contributed by atoms with Crippen molar-refractivity contribution < 1.29 is 14.6 Å². The molecule has 2 unspecified atom stereocenters. The number of aliphatic imine (C=N–C) groups is 1. The summed E-state index contributed by atoms with van der Waals surface area (Å²) in [5.74, 6) is -0.450. The van der Waals surface area contributed by atoms with Crippen molar-refractivity contribution in [2.24, 2.45) is 16.3 Å². The number of pyridine rings is 1. The molecule has 1 heterocycles. The second-order valence-electron chi connectivity index (χ2n) is 9.22. The first-order valence-electron chi connectivity index (χ1n) is 11.7. The standard InChI is InChI=1S/C27H38N2O4/c1-9-17(4)24(18-13-12-14-22(33-8)25(18)28-7)20-15-21(30)19(26(31)32)16-29(20)23(10-2)27(5,6)11-3/h12-17,23H,9-11H2,1-8H3,(H,31,32)/b24-18+,28-25+. The first kappa shape index (κ1) is 26.4. The Morgan fingerprint density at radius 2 is 1.91 bits per heavy atom. The Morgan fingerprint density at radius 3 is 2.39 bits per heavy atom. The van der Waals surface area contributed by atoms with Gasteiger partial charge in [0, 0.05) is 36.6 Å². The maximum Gasteiger partial charge on any atom is 0.341 e. The van der Waals surface area contributed by atoms with E-state index in [1.807, 2.05) is 22.8 Å². The molecule has 2 atom stereocenters. The van der Waals surface area contributed by atoms with Crippen LogP contribution in [0.4, 0.5) is 0 Å². The zero-order valence-electron chi connectivity index (χ0n) is 21.2. The second-order valence-corrected chi connectivity index (χ2v) is 9.22. The van der Waals surface area contributed by atoms with E-state index in [2.05, 4.69) is 46.5 Å². The third-order valence-corrected chi connectivity index (χ3v) is 6.96. The lowest BCUT2D eigenvalue weighted by Gasteiger charge is -2.38. The van der Waals surface area contributed by atoms with Crippen LogP contribution in [0.1, 0.15) is 82.9 Å². The largest absolute Gasteiger partial charge is 0.494 e. The molecule has 0 fully saturated rings. The molecule has 1 aliphatic carbocycles. The monoisotopic (exact) mass is 454 g/mol. The minimum atomic E-state index is -1.21. The summed E-state index contributed by atoms with van der Waals surface area (Å²) in [4.78, 5) is 29.3. The van der Waals surface area contributed by atoms with Crippen LogP contribution in [0.3, 0.4) is 0 Å². The number of aromatic carboxylic acids is 1. The van der Waals surface area contributed by atoms with Gasteiger partial charge in [-0.05, 0) is 42.2 Å². The van der Waals surface area contributed by atoms with Crippen LogP contribution in [0, 0.1) is 11.3 Å². The highest BCUT2D eigenvalue weighted by molar-refractivity contribution is 6.18. The zero-order chi connectivity index (χ0) is 24.9. The molecule has 0 aromatic carbocycles. The highest BCUT2D eigenvalue weighted by Crippen LogP contribution is 2.41. The molecular formula is C27H38N2O4. The molecule has 180 valence electrons. The summed E-state index contributed by atoms with van der Waals surface area (Å²) in [6.45, 7) is 12.8. The SMILES string of the molecule is CCC(C)/C(=C1/C=CC=C(OC)/C1=N/C)c1cc(=O)c(C(=O)O)cn1C(CC)C(C)(C)CC. The molecule has 0 saturated heterocycles. The molecule has 0 spiro atoms. The number of hydrogen-bond acceptors (Lipinski definition) is 4. The number of aromatic nitrogens is 1. The number of rotatable bonds is 9. The quantitative estimate of drug-likeness (QED) is 0.503. The average Bonchev–Trinajstić information content (AvgIpc) is 2.79. The van der Waals surface area contributed by atoms with Crippen molar-refractivity contribution in [1.29, 1.82) is 0 Å². The van der Waals surface area contributed by atoms with E-state index in [0.717, 1.165) is 41.8 Å². The van der Waals surface area contributed by atoms with Crippen LogP contribution in [0.25, 0.3) is 5.57 Å². The smallest absolute Gasteiger partial charge is 0.341 e. The fourth-order valence-electron chi connectivity index (χ4n) is 4.54. The molecule has 1 aliphatic rings. The molecule has 33 heavy (non-hydrogen) atoms. The third-order valence-electron chi connectivity index (χ3n) is 6.96. The highest BCUT2D eigenvalue weighted by Gasteiger charge is 2.32. The van der Waals surface area contributed by atoms with Crippen LogP contribution < -0.4 is 5.43 Å². The number of hydrogen-bond donors (Lipinski definition) is 1. The van der Waals surface area contributed by atoms with Gasteiger partial charge in [-0.1, -0.05) is 53.7 Å². The van der Waals surface area contributed by atoms with Crippen molar-refractivity contribution in [3.05, 3.63) is 63.3 Å². The number of carboxylic acid groups (broad SMARTS) is 1. The lowest BCUT2D eigenvalue weighted by atomic mass is 9.79. The topological polar surface area (TPSA) is 80.9 Å². The Labute approximate surface area is 197 Å². The van der Waals surface area contributed by atoms with Gasteiger partial charge in [0.25, 0.3) is 0 Å². The molecule has 6 heteroatoms. The fourth-order valence-corrected chi connectivity index (χ4v) is 4.54. The predicted molar refractivity (Wildman–Crippen MR) is 135 cm³/mol. The molecular weight excluding hydrogens is 416 g/mol. The van der Waals surface area contributed by atoms with Crippen LogP contribution in [-0.4, -0.2) is 35.5 Å². The van der Waals surface area contributed by atoms with Crippen LogP contribution in [0.15, 0.2) is 51.6 Å². The molecule has 6 nitrogen and oxygen atoms in total. The number of carbonyl (C=O) groups is 1. The summed E-state index contributed by atoms with van der Waals surface area (Å²) in [5.41, 5.74) is 2.52. The van der Waals surface area contributed by atoms with Gasteiger partial charge in [-0.25, -0.2) is 4.79 Å². The van der Waals surface area contributed by atoms with E-state index in [4.69, 9.17) is 4.74 Å². The van der Waals surface area contributed by atoms with Gasteiger partial charge < -0.3 is 14.4 Å². The van der Waals surface area contributed by atoms with E-state index in [0.29, 0.717) is 5.76 Å². The molecule has 0 radical (unpaired) electrons. The fraction of sp³-hybridized carbons (Fsp3) is 0.519. The van der Waals surface area contributed by atoms with Crippen molar-refractivity contribution in [3.8, 4) is 0 Å². The minimum Gasteiger partial charge on any atom is -0.494 e. The van der Waals surface area contributed by atoms with Crippen molar-refractivity contribution in [3.63, 3.8) is 0 Å². The summed E-state index contributed by atoms with van der Waals surface area (Å²) in [5, 5.41) is 9.71. The van der Waals surface area contributed by atoms with Gasteiger partial charge in [0.15, 0.2) is 5.43 Å². The Hall–Kier alpha value is -2.89. The van der Waals surface area contributed by atoms with E-state index in [9.17, 15) is 14.7 Å². The van der Waals surface area contributed by atoms with Gasteiger partial charge >= 0.3 is 5.97 Å². The number of nitrogens with zero attached hydrogens (tertiary/aromatic N) is 2.